The Morgan fingerprint density at radius 1 is 1.17 bits per heavy atom. The minimum absolute atomic E-state index is 0.117. The molecule has 0 aliphatic carbocycles. The van der Waals surface area contributed by atoms with Crippen LogP contribution in [0.5, 0.6) is 0 Å². The van der Waals surface area contributed by atoms with Gasteiger partial charge in [0.2, 0.25) is 0 Å². The van der Waals surface area contributed by atoms with Gasteiger partial charge in [0, 0.05) is 13.1 Å². The lowest BCUT2D eigenvalue weighted by atomic mass is 9.96. The number of rotatable bonds is 15. The highest BCUT2D eigenvalue weighted by Crippen LogP contribution is 2.45. The zero-order valence-corrected chi connectivity index (χ0v) is 24.5. The summed E-state index contributed by atoms with van der Waals surface area (Å²) in [7, 11) is 0. The molecule has 1 aliphatic rings. The Balaban J connectivity index is 2.25. The predicted octanol–water partition coefficient (Wildman–Crippen LogP) is 0.323. The summed E-state index contributed by atoms with van der Waals surface area (Å²) < 4.78 is 64.2. The molecule has 1 aliphatic heterocycles. The number of aromatic nitrogens is 2. The van der Waals surface area contributed by atoms with Gasteiger partial charge in [0.1, 0.15) is 12.2 Å². The zero-order valence-electron chi connectivity index (χ0n) is 22.8. The molecule has 0 aromatic carbocycles. The number of hydrogen-bond donors (Lipinski definition) is 5. The van der Waals surface area contributed by atoms with Crippen molar-refractivity contribution in [3.8, 4) is 0 Å². The first-order valence-electron chi connectivity index (χ1n) is 12.5. The van der Waals surface area contributed by atoms with E-state index in [9.17, 15) is 37.8 Å². The number of aliphatic hydroxyl groups is 2. The summed E-state index contributed by atoms with van der Waals surface area (Å²) >= 11 is 5.48. The van der Waals surface area contributed by atoms with Crippen LogP contribution in [0.3, 0.4) is 0 Å². The smallest absolute Gasteiger partial charge is 0.351 e. The first kappa shape index (κ1) is 35.0. The highest BCUT2D eigenvalue weighted by molar-refractivity contribution is 8.10. The quantitative estimate of drug-likeness (QED) is 0.131. The summed E-state index contributed by atoms with van der Waals surface area (Å²) in [5.41, 5.74) is 1.06. The number of ether oxygens (including phenoxy) is 3. The topological polar surface area (TPSA) is 196 Å². The molecule has 1 aromatic heterocycles. The first-order chi connectivity index (χ1) is 19.0. The monoisotopic (exact) mass is 633 g/mol. The molecule has 1 saturated heterocycles. The average Bonchev–Trinajstić information content (AvgIpc) is 3.10. The number of esters is 2. The minimum Gasteiger partial charge on any atom is -0.463 e. The van der Waals surface area contributed by atoms with Gasteiger partial charge >= 0.3 is 17.6 Å². The van der Waals surface area contributed by atoms with Gasteiger partial charge in [-0.2, -0.15) is 4.98 Å². The van der Waals surface area contributed by atoms with E-state index in [0.29, 0.717) is 10.8 Å². The summed E-state index contributed by atoms with van der Waals surface area (Å²) in [5, 5.41) is 26.6. The van der Waals surface area contributed by atoms with Crippen molar-refractivity contribution in [3.63, 3.8) is 0 Å². The van der Waals surface area contributed by atoms with E-state index in [-0.39, 0.29) is 38.1 Å². The van der Waals surface area contributed by atoms with Crippen molar-refractivity contribution in [1.82, 2.24) is 19.7 Å². The molecule has 0 unspecified atom stereocenters. The number of carbonyl (C=O) groups excluding carboxylic acids is 2. The molecule has 6 N–H and O–H groups in total. The SMILES string of the molecule is CC(C)OC(=O)CCNP(=S)(NCCC(=O)OC(C)C)OC[C@@]1(C(F)F)O[C@@H](n2cc(F)c(N)nc2=O)[C@H](O)[C@@H]1O. The molecule has 4 atom stereocenters. The normalized spacial score (nSPS) is 23.0. The molecule has 2 rings (SSSR count). The van der Waals surface area contributed by atoms with Gasteiger partial charge in [-0.25, -0.2) is 18.0 Å². The Kier molecular flexibility index (Phi) is 12.7. The third-order valence-corrected chi connectivity index (χ3v) is 8.40. The molecule has 0 amide bonds. The van der Waals surface area contributed by atoms with Crippen LogP contribution in [0.25, 0.3) is 0 Å². The zero-order chi connectivity index (χ0) is 31.1. The summed E-state index contributed by atoms with van der Waals surface area (Å²) in [6.45, 7) is 1.69. The van der Waals surface area contributed by atoms with Gasteiger partial charge in [-0.05, 0) is 39.5 Å². The van der Waals surface area contributed by atoms with Gasteiger partial charge in [0.05, 0.1) is 37.9 Å². The molecule has 19 heteroatoms. The van der Waals surface area contributed by atoms with Crippen LogP contribution in [-0.2, 0) is 40.1 Å². The Morgan fingerprint density at radius 3 is 2.15 bits per heavy atom. The molecule has 0 radical (unpaired) electrons. The van der Waals surface area contributed by atoms with E-state index < -0.39 is 72.9 Å². The average molecular weight is 634 g/mol. The van der Waals surface area contributed by atoms with E-state index in [1.165, 1.54) is 0 Å². The first-order valence-corrected chi connectivity index (χ1v) is 15.2. The molecule has 2 heterocycles. The second-order valence-corrected chi connectivity index (χ2v) is 13.1. The standard InChI is InChI=1S/C22H35F3N5O9PS/c1-11(2)37-14(31)5-7-27-40(41,28-8-6-15(32)38-12(3)4)36-10-22(20(24)25)17(34)16(33)19(39-22)30-9-13(23)18(26)29-21(30)35/h9,11-12,16-17,19-20,33-34H,5-8,10H2,1-4H3,(H2,26,29,35)(H2,27,28,41)/t16-,17+,19-,22-/m1/s1. The van der Waals surface area contributed by atoms with E-state index in [0.717, 1.165) is 0 Å². The summed E-state index contributed by atoms with van der Waals surface area (Å²) in [6, 6.07) is 0. The van der Waals surface area contributed by atoms with Crippen LogP contribution in [0.2, 0.25) is 0 Å². The Morgan fingerprint density at radius 2 is 1.68 bits per heavy atom. The van der Waals surface area contributed by atoms with Crippen LogP contribution in [0.1, 0.15) is 46.8 Å². The van der Waals surface area contributed by atoms with Gasteiger partial charge in [-0.1, -0.05) is 0 Å². The second kappa shape index (κ2) is 14.8. The summed E-state index contributed by atoms with van der Waals surface area (Å²) in [5.74, 6) is -3.12. The molecule has 234 valence electrons. The number of alkyl halides is 2. The van der Waals surface area contributed by atoms with Gasteiger partial charge in [0.15, 0.2) is 30.0 Å². The lowest BCUT2D eigenvalue weighted by molar-refractivity contribution is -0.191. The molecule has 1 aromatic rings. The van der Waals surface area contributed by atoms with Crippen LogP contribution in [0, 0.1) is 5.82 Å². The van der Waals surface area contributed by atoms with Gasteiger partial charge < -0.3 is 34.7 Å². The summed E-state index contributed by atoms with van der Waals surface area (Å²) in [4.78, 5) is 39.3. The number of nitrogens with zero attached hydrogens (tertiary/aromatic N) is 2. The minimum atomic E-state index is -3.54. The van der Waals surface area contributed by atoms with Crippen molar-refractivity contribution < 1.29 is 51.7 Å². The number of hydrogen-bond acceptors (Lipinski definition) is 12. The van der Waals surface area contributed by atoms with E-state index in [1.54, 1.807) is 27.7 Å². The van der Waals surface area contributed by atoms with Gasteiger partial charge in [0.25, 0.3) is 6.43 Å². The fraction of sp³-hybridized carbons (Fsp3) is 0.727. The number of nitrogen functional groups attached to an aromatic ring is 1. The Hall–Kier alpha value is -2.18. The maximum Gasteiger partial charge on any atom is 0.351 e. The second-order valence-electron chi connectivity index (χ2n) is 9.58. The third kappa shape index (κ3) is 9.41. The van der Waals surface area contributed by atoms with Crippen LogP contribution >= 0.6 is 6.57 Å². The third-order valence-electron chi connectivity index (χ3n) is 5.54. The number of anilines is 1. The molecular formula is C22H35F3N5O9PS. The van der Waals surface area contributed by atoms with Crippen LogP contribution in [0.15, 0.2) is 11.0 Å². The van der Waals surface area contributed by atoms with E-state index in [1.807, 2.05) is 0 Å². The number of nitrogens with two attached hydrogens (primary N) is 1. The lowest BCUT2D eigenvalue weighted by Crippen LogP contribution is -2.53. The summed E-state index contributed by atoms with van der Waals surface area (Å²) in [6.07, 6.45) is -10.6. The predicted molar refractivity (Wildman–Crippen MR) is 142 cm³/mol. The fourth-order valence-electron chi connectivity index (χ4n) is 3.63. The van der Waals surface area contributed by atoms with Crippen molar-refractivity contribution in [2.75, 3.05) is 25.4 Å². The maximum absolute atomic E-state index is 14.4. The fourth-order valence-corrected chi connectivity index (χ4v) is 5.82. The molecule has 41 heavy (non-hydrogen) atoms. The molecule has 1 fully saturated rings. The molecule has 0 bridgehead atoms. The maximum atomic E-state index is 14.4. The Labute approximate surface area is 238 Å². The van der Waals surface area contributed by atoms with Gasteiger partial charge in [-0.3, -0.25) is 24.3 Å². The van der Waals surface area contributed by atoms with Crippen LogP contribution in [0.4, 0.5) is 19.0 Å². The molecule has 0 saturated carbocycles. The highest BCUT2D eigenvalue weighted by Gasteiger charge is 2.61. The number of aliphatic hydroxyl groups excluding tert-OH is 2. The largest absolute Gasteiger partial charge is 0.463 e. The van der Waals surface area contributed by atoms with Crippen molar-refractivity contribution in [3.05, 3.63) is 22.5 Å². The lowest BCUT2D eigenvalue weighted by Gasteiger charge is -2.34. The van der Waals surface area contributed by atoms with E-state index >= 15 is 0 Å². The molecule has 14 nitrogen and oxygen atoms in total. The van der Waals surface area contributed by atoms with Crippen molar-refractivity contribution in [1.29, 1.82) is 0 Å². The van der Waals surface area contributed by atoms with E-state index in [4.69, 9.17) is 36.3 Å². The van der Waals surface area contributed by atoms with Crippen molar-refractivity contribution in [2.24, 2.45) is 0 Å². The number of halogens is 3. The Bertz CT molecular complexity index is 1150. The highest BCUT2D eigenvalue weighted by atomic mass is 32.4. The molecular weight excluding hydrogens is 598 g/mol. The van der Waals surface area contributed by atoms with Gasteiger partial charge in [-0.15, -0.1) is 0 Å². The van der Waals surface area contributed by atoms with Crippen LogP contribution in [-0.4, -0.2) is 87.8 Å². The van der Waals surface area contributed by atoms with Crippen LogP contribution < -0.4 is 21.6 Å². The number of carbonyl (C=O) groups is 2. The van der Waals surface area contributed by atoms with Crippen molar-refractivity contribution >= 4 is 36.1 Å². The van der Waals surface area contributed by atoms with Crippen molar-refractivity contribution in [2.45, 2.75) is 83.2 Å². The molecule has 0 spiro atoms. The number of nitrogens with one attached hydrogen (secondary N) is 2. The van der Waals surface area contributed by atoms with E-state index in [2.05, 4.69) is 15.2 Å².